The van der Waals surface area contributed by atoms with Crippen molar-refractivity contribution in [3.05, 3.63) is 224 Å². The van der Waals surface area contributed by atoms with Crippen molar-refractivity contribution >= 4 is 76.1 Å². The molecule has 0 fully saturated rings. The van der Waals surface area contributed by atoms with Crippen LogP contribution in [0.5, 0.6) is 0 Å². The van der Waals surface area contributed by atoms with E-state index in [-0.39, 0.29) is 0 Å². The third-order valence-corrected chi connectivity index (χ3v) is 12.9. The zero-order chi connectivity index (χ0) is 43.4. The van der Waals surface area contributed by atoms with Crippen LogP contribution < -0.4 is 0 Å². The molecule has 0 spiro atoms. The van der Waals surface area contributed by atoms with E-state index in [0.29, 0.717) is 0 Å². The smallest absolute Gasteiger partial charge is 0.143 e. The Morgan fingerprint density at radius 3 is 1.51 bits per heavy atom. The van der Waals surface area contributed by atoms with E-state index in [1.807, 2.05) is 0 Å². The first-order chi connectivity index (χ1) is 32.2. The van der Waals surface area contributed by atoms with Crippen molar-refractivity contribution in [2.24, 2.45) is 0 Å². The normalized spacial score (nSPS) is 11.6. The Morgan fingerprint density at radius 2 is 0.831 bits per heavy atom. The Balaban J connectivity index is 0.00000144. The van der Waals surface area contributed by atoms with Crippen LogP contribution in [0.1, 0.15) is 20.3 Å². The summed E-state index contributed by atoms with van der Waals surface area (Å²) < 4.78 is 9.50. The SMILES string of the molecule is CCC.c1ccc(-c2ccc(-c3cc(-c4ccccc4)cc(-n4c5c(-c6cccc7c6oc6ccc8ccccc8c67)cccc5c5c6ccccc6c6ccccc6c54)c3)cc2)cc1. The van der Waals surface area contributed by atoms with E-state index < -0.39 is 0 Å². The van der Waals surface area contributed by atoms with Gasteiger partial charge in [0, 0.05) is 43.7 Å². The van der Waals surface area contributed by atoms with Crippen LogP contribution >= 0.6 is 0 Å². The first-order valence-corrected chi connectivity index (χ1v) is 22.7. The average Bonchev–Trinajstić information content (AvgIpc) is 3.95. The monoisotopic (exact) mass is 831 g/mol. The lowest BCUT2D eigenvalue weighted by atomic mass is 9.95. The van der Waals surface area contributed by atoms with Gasteiger partial charge in [-0.1, -0.05) is 220 Å². The summed E-state index contributed by atoms with van der Waals surface area (Å²) in [5.74, 6) is 0. The Labute approximate surface area is 378 Å². The predicted molar refractivity (Wildman–Crippen MR) is 278 cm³/mol. The van der Waals surface area contributed by atoms with Gasteiger partial charge in [-0.15, -0.1) is 0 Å². The molecule has 0 unspecified atom stereocenters. The van der Waals surface area contributed by atoms with E-state index in [0.717, 1.165) is 55.4 Å². The second-order valence-corrected chi connectivity index (χ2v) is 17.1. The first-order valence-electron chi connectivity index (χ1n) is 22.7. The molecular weight excluding hydrogens is 787 g/mol. The molecule has 2 heterocycles. The van der Waals surface area contributed by atoms with Gasteiger partial charge in [0.25, 0.3) is 0 Å². The van der Waals surface area contributed by atoms with Crippen LogP contribution in [0.15, 0.2) is 229 Å². The Kier molecular flexibility index (Phi) is 9.39. The lowest BCUT2D eigenvalue weighted by Crippen LogP contribution is -1.98. The lowest BCUT2D eigenvalue weighted by Gasteiger charge is -2.17. The van der Waals surface area contributed by atoms with E-state index in [1.165, 1.54) is 77.3 Å². The summed E-state index contributed by atoms with van der Waals surface area (Å²) in [7, 11) is 0. The quantitative estimate of drug-likeness (QED) is 0.158. The highest BCUT2D eigenvalue weighted by Crippen LogP contribution is 2.48. The summed E-state index contributed by atoms with van der Waals surface area (Å²) in [6.45, 7) is 4.25. The van der Waals surface area contributed by atoms with Crippen LogP contribution in [0.3, 0.4) is 0 Å². The van der Waals surface area contributed by atoms with Crippen LogP contribution in [-0.4, -0.2) is 4.57 Å². The van der Waals surface area contributed by atoms with Crippen molar-refractivity contribution in [1.82, 2.24) is 4.57 Å². The molecule has 13 rings (SSSR count). The highest BCUT2D eigenvalue weighted by atomic mass is 16.3. The van der Waals surface area contributed by atoms with Gasteiger partial charge in [0.1, 0.15) is 11.2 Å². The number of hydrogen-bond donors (Lipinski definition) is 0. The number of benzene rings is 11. The Morgan fingerprint density at radius 1 is 0.338 bits per heavy atom. The number of aromatic nitrogens is 1. The number of hydrogen-bond acceptors (Lipinski definition) is 1. The molecule has 65 heavy (non-hydrogen) atoms. The minimum Gasteiger partial charge on any atom is -0.455 e. The third kappa shape index (κ3) is 6.32. The van der Waals surface area contributed by atoms with Crippen molar-refractivity contribution in [3.63, 3.8) is 0 Å². The molecule has 0 aliphatic heterocycles. The topological polar surface area (TPSA) is 18.1 Å². The molecule has 0 N–H and O–H groups in total. The number of fused-ring (bicyclic) bond motifs is 13. The minimum atomic E-state index is 0.898. The Bertz CT molecular complexity index is 3910. The van der Waals surface area contributed by atoms with Gasteiger partial charge < -0.3 is 8.98 Å². The third-order valence-electron chi connectivity index (χ3n) is 12.9. The van der Waals surface area contributed by atoms with E-state index >= 15 is 0 Å². The van der Waals surface area contributed by atoms with Crippen molar-refractivity contribution in [2.45, 2.75) is 20.3 Å². The number of rotatable bonds is 5. The van der Waals surface area contributed by atoms with Gasteiger partial charge in [0.05, 0.1) is 11.0 Å². The molecule has 0 aliphatic rings. The average molecular weight is 832 g/mol. The first kappa shape index (κ1) is 38.5. The molecule has 11 aromatic carbocycles. The molecule has 2 nitrogen and oxygen atoms in total. The van der Waals surface area contributed by atoms with Gasteiger partial charge in [-0.2, -0.15) is 0 Å². The second-order valence-electron chi connectivity index (χ2n) is 17.1. The van der Waals surface area contributed by atoms with Crippen LogP contribution in [-0.2, 0) is 0 Å². The molecule has 308 valence electrons. The molecule has 0 saturated carbocycles. The molecule has 0 aliphatic carbocycles. The van der Waals surface area contributed by atoms with Crippen LogP contribution in [0.2, 0.25) is 0 Å². The highest BCUT2D eigenvalue weighted by molar-refractivity contribution is 6.33. The fraction of sp³-hybridized carbons (Fsp3) is 0.0476. The van der Waals surface area contributed by atoms with Gasteiger partial charge in [-0.05, 0) is 84.6 Å². The van der Waals surface area contributed by atoms with Crippen molar-refractivity contribution in [2.75, 3.05) is 0 Å². The van der Waals surface area contributed by atoms with Crippen LogP contribution in [0.25, 0.3) is 126 Å². The maximum absolute atomic E-state index is 6.94. The maximum Gasteiger partial charge on any atom is 0.143 e. The van der Waals surface area contributed by atoms with Gasteiger partial charge >= 0.3 is 0 Å². The summed E-state index contributed by atoms with van der Waals surface area (Å²) in [5.41, 5.74) is 14.5. The number of para-hydroxylation sites is 2. The van der Waals surface area contributed by atoms with Crippen molar-refractivity contribution in [3.8, 4) is 50.2 Å². The second kappa shape index (κ2) is 15.9. The van der Waals surface area contributed by atoms with Gasteiger partial charge in [-0.25, -0.2) is 0 Å². The van der Waals surface area contributed by atoms with Crippen LogP contribution in [0.4, 0.5) is 0 Å². The van der Waals surface area contributed by atoms with Gasteiger partial charge in [0.15, 0.2) is 0 Å². The standard InChI is InChI=1S/C60H37NO.C3H8/c1-3-15-38(16-4-1)40-29-31-41(32-30-40)44-35-43(39-17-5-2-6-18-39)36-45(37-44)61-58-51(52-26-14-28-54-56-46-20-8-7-19-42(46)33-34-55(56)62-60(52)54)25-13-27-53(58)57-49-23-11-9-21-47(49)48-22-10-12-24-50(48)59(57)61;1-3-2/h1-37H;3H2,1-2H3. The molecular formula is C63H45NO. The van der Waals surface area contributed by atoms with E-state index in [9.17, 15) is 0 Å². The maximum atomic E-state index is 6.94. The highest BCUT2D eigenvalue weighted by Gasteiger charge is 2.24. The molecule has 2 aromatic heterocycles. The largest absolute Gasteiger partial charge is 0.455 e. The van der Waals surface area contributed by atoms with Gasteiger partial charge in [-0.3, -0.25) is 0 Å². The van der Waals surface area contributed by atoms with Crippen molar-refractivity contribution < 1.29 is 4.42 Å². The van der Waals surface area contributed by atoms with E-state index in [4.69, 9.17) is 4.42 Å². The molecule has 0 atom stereocenters. The lowest BCUT2D eigenvalue weighted by molar-refractivity contribution is 0.670. The van der Waals surface area contributed by atoms with Gasteiger partial charge in [0.2, 0.25) is 0 Å². The number of nitrogens with zero attached hydrogens (tertiary/aromatic N) is 1. The molecule has 0 bridgehead atoms. The zero-order valence-electron chi connectivity index (χ0n) is 36.4. The molecule has 13 aromatic rings. The van der Waals surface area contributed by atoms with E-state index in [2.05, 4.69) is 243 Å². The molecule has 0 radical (unpaired) electrons. The summed E-state index contributed by atoms with van der Waals surface area (Å²) in [6.07, 6.45) is 1.25. The Hall–Kier alpha value is -8.20. The fourth-order valence-electron chi connectivity index (χ4n) is 10.2. The predicted octanol–water partition coefficient (Wildman–Crippen LogP) is 18.2. The summed E-state index contributed by atoms with van der Waals surface area (Å²) in [5, 5.41) is 12.1. The van der Waals surface area contributed by atoms with Crippen LogP contribution in [0, 0.1) is 0 Å². The minimum absolute atomic E-state index is 0.898. The molecule has 2 heteroatoms. The molecule has 0 amide bonds. The summed E-state index contributed by atoms with van der Waals surface area (Å²) in [4.78, 5) is 0. The van der Waals surface area contributed by atoms with E-state index in [1.54, 1.807) is 0 Å². The summed E-state index contributed by atoms with van der Waals surface area (Å²) in [6, 6.07) is 81.7. The molecule has 0 saturated heterocycles. The number of furan rings is 1. The summed E-state index contributed by atoms with van der Waals surface area (Å²) >= 11 is 0. The fourth-order valence-corrected chi connectivity index (χ4v) is 10.2. The zero-order valence-corrected chi connectivity index (χ0v) is 36.4. The van der Waals surface area contributed by atoms with Crippen molar-refractivity contribution in [1.29, 1.82) is 0 Å².